The third-order valence-electron chi connectivity index (χ3n) is 6.27. The largest absolute Gasteiger partial charge is 0.320 e. The van der Waals surface area contributed by atoms with Gasteiger partial charge in [0.2, 0.25) is 0 Å². The Hall–Kier alpha value is -2.44. The standard InChI is InChI=1S/C23H26N4OS/c1-15-22(16(2)27(25-15)18-6-4-3-5-7-18)24-21(28)14-26-12-10-20-19(11-13-29-20)23(26)17-8-9-17/h3-7,11,13,17,23H,8-10,12,14H2,1-2H3,(H,24,28)/p+1/t23-/m0/s1. The van der Waals surface area contributed by atoms with Gasteiger partial charge in [-0.1, -0.05) is 18.2 Å². The molecule has 5 rings (SSSR count). The number of anilines is 1. The van der Waals surface area contributed by atoms with Gasteiger partial charge >= 0.3 is 0 Å². The number of aromatic nitrogens is 2. The van der Waals surface area contributed by atoms with Crippen molar-refractivity contribution in [3.63, 3.8) is 0 Å². The number of thiophene rings is 1. The van der Waals surface area contributed by atoms with Gasteiger partial charge in [-0.15, -0.1) is 11.3 Å². The SMILES string of the molecule is Cc1nn(-c2ccccc2)c(C)c1NC(=O)C[NH+]1CCc2sccc2[C@@H]1C1CC1. The minimum absolute atomic E-state index is 0.0862. The van der Waals surface area contributed by atoms with Crippen LogP contribution in [0.3, 0.4) is 0 Å². The van der Waals surface area contributed by atoms with Crippen molar-refractivity contribution >= 4 is 22.9 Å². The second-order valence-corrected chi connectivity index (χ2v) is 9.29. The van der Waals surface area contributed by atoms with E-state index in [0.29, 0.717) is 12.6 Å². The minimum atomic E-state index is 0.0862. The van der Waals surface area contributed by atoms with E-state index >= 15 is 0 Å². The van der Waals surface area contributed by atoms with Crippen LogP contribution in [0.15, 0.2) is 41.8 Å². The molecular weight excluding hydrogens is 380 g/mol. The number of benzene rings is 1. The average Bonchev–Trinajstić information content (AvgIpc) is 3.38. The molecule has 1 aliphatic carbocycles. The summed E-state index contributed by atoms with van der Waals surface area (Å²) in [5, 5.41) is 10.0. The number of rotatable bonds is 5. The Labute approximate surface area is 175 Å². The van der Waals surface area contributed by atoms with E-state index in [1.165, 1.54) is 28.2 Å². The molecule has 6 heteroatoms. The van der Waals surface area contributed by atoms with Gasteiger partial charge in [0, 0.05) is 22.8 Å². The van der Waals surface area contributed by atoms with Crippen molar-refractivity contribution in [3.8, 4) is 5.69 Å². The molecule has 0 bridgehead atoms. The normalized spacial score (nSPS) is 21.0. The van der Waals surface area contributed by atoms with Crippen LogP contribution in [0.2, 0.25) is 0 Å². The number of nitrogens with zero attached hydrogens (tertiary/aromatic N) is 2. The van der Waals surface area contributed by atoms with E-state index in [2.05, 4.69) is 21.9 Å². The Kier molecular flexibility index (Phi) is 4.76. The van der Waals surface area contributed by atoms with E-state index in [9.17, 15) is 4.79 Å². The summed E-state index contributed by atoms with van der Waals surface area (Å²) < 4.78 is 1.91. The lowest BCUT2D eigenvalue weighted by Crippen LogP contribution is -3.14. The van der Waals surface area contributed by atoms with Crippen LogP contribution in [-0.4, -0.2) is 28.8 Å². The Balaban J connectivity index is 1.33. The molecule has 0 spiro atoms. The smallest absolute Gasteiger partial charge is 0.279 e. The fraction of sp³-hybridized carbons (Fsp3) is 0.391. The molecule has 2 atom stereocenters. The zero-order valence-corrected chi connectivity index (χ0v) is 17.8. The van der Waals surface area contributed by atoms with Crippen LogP contribution in [0.25, 0.3) is 5.69 Å². The fourth-order valence-corrected chi connectivity index (χ4v) is 5.66. The zero-order valence-electron chi connectivity index (χ0n) is 16.9. The van der Waals surface area contributed by atoms with Gasteiger partial charge in [-0.3, -0.25) is 4.79 Å². The van der Waals surface area contributed by atoms with Gasteiger partial charge in [0.1, 0.15) is 6.04 Å². The number of para-hydroxylation sites is 1. The summed E-state index contributed by atoms with van der Waals surface area (Å²) in [4.78, 5) is 16.0. The number of nitrogens with one attached hydrogen (secondary N) is 2. The van der Waals surface area contributed by atoms with Crippen LogP contribution in [0.5, 0.6) is 0 Å². The highest BCUT2D eigenvalue weighted by atomic mass is 32.1. The van der Waals surface area contributed by atoms with Gasteiger partial charge in [0.05, 0.1) is 29.3 Å². The molecule has 150 valence electrons. The van der Waals surface area contributed by atoms with Crippen LogP contribution in [0, 0.1) is 19.8 Å². The molecule has 1 amide bonds. The second kappa shape index (κ2) is 7.43. The van der Waals surface area contributed by atoms with E-state index < -0.39 is 0 Å². The van der Waals surface area contributed by atoms with E-state index in [1.807, 2.05) is 60.2 Å². The van der Waals surface area contributed by atoms with Crippen molar-refractivity contribution < 1.29 is 9.69 Å². The summed E-state index contributed by atoms with van der Waals surface area (Å²) in [7, 11) is 0. The van der Waals surface area contributed by atoms with Crippen LogP contribution in [0.4, 0.5) is 5.69 Å². The maximum absolute atomic E-state index is 13.0. The number of carbonyl (C=O) groups is 1. The highest BCUT2D eigenvalue weighted by Gasteiger charge is 2.43. The highest BCUT2D eigenvalue weighted by Crippen LogP contribution is 2.42. The molecule has 5 nitrogen and oxygen atoms in total. The van der Waals surface area contributed by atoms with E-state index in [-0.39, 0.29) is 5.91 Å². The van der Waals surface area contributed by atoms with E-state index in [1.54, 1.807) is 0 Å². The first kappa shape index (κ1) is 18.6. The Bertz CT molecular complexity index is 1030. The van der Waals surface area contributed by atoms with E-state index in [4.69, 9.17) is 0 Å². The Morgan fingerprint density at radius 2 is 2.03 bits per heavy atom. The first-order valence-electron chi connectivity index (χ1n) is 10.4. The Morgan fingerprint density at radius 3 is 2.79 bits per heavy atom. The van der Waals surface area contributed by atoms with Crippen molar-refractivity contribution in [2.45, 2.75) is 39.2 Å². The predicted octanol–water partition coefficient (Wildman–Crippen LogP) is 3.08. The number of quaternary nitrogens is 1. The molecule has 1 aliphatic heterocycles. The van der Waals surface area contributed by atoms with Crippen molar-refractivity contribution in [2.75, 3.05) is 18.4 Å². The van der Waals surface area contributed by atoms with Crippen LogP contribution >= 0.6 is 11.3 Å². The molecule has 2 N–H and O–H groups in total. The van der Waals surface area contributed by atoms with Crippen molar-refractivity contribution in [1.29, 1.82) is 0 Å². The molecule has 1 aromatic carbocycles. The summed E-state index contributed by atoms with van der Waals surface area (Å²) >= 11 is 1.88. The number of hydrogen-bond acceptors (Lipinski definition) is 3. The average molecular weight is 408 g/mol. The van der Waals surface area contributed by atoms with Crippen molar-refractivity contribution in [2.24, 2.45) is 5.92 Å². The maximum Gasteiger partial charge on any atom is 0.279 e. The third kappa shape index (κ3) is 3.51. The zero-order chi connectivity index (χ0) is 20.0. The van der Waals surface area contributed by atoms with Gasteiger partial charge in [-0.25, -0.2) is 4.68 Å². The van der Waals surface area contributed by atoms with Crippen LogP contribution < -0.4 is 10.2 Å². The van der Waals surface area contributed by atoms with Gasteiger partial charge < -0.3 is 10.2 Å². The topological polar surface area (TPSA) is 51.4 Å². The molecule has 2 aromatic heterocycles. The molecule has 2 aliphatic rings. The molecule has 0 radical (unpaired) electrons. The maximum atomic E-state index is 13.0. The Morgan fingerprint density at radius 1 is 1.24 bits per heavy atom. The van der Waals surface area contributed by atoms with Gasteiger partial charge in [-0.2, -0.15) is 5.10 Å². The number of carbonyl (C=O) groups excluding carboxylic acids is 1. The second-order valence-electron chi connectivity index (χ2n) is 8.29. The molecule has 1 fully saturated rings. The van der Waals surface area contributed by atoms with Crippen LogP contribution in [0.1, 0.15) is 40.7 Å². The summed E-state index contributed by atoms with van der Waals surface area (Å²) in [5.41, 5.74) is 5.17. The quantitative estimate of drug-likeness (QED) is 0.683. The molecule has 29 heavy (non-hydrogen) atoms. The van der Waals surface area contributed by atoms with Gasteiger partial charge in [-0.05, 0) is 50.3 Å². The lowest BCUT2D eigenvalue weighted by molar-refractivity contribution is -0.928. The summed E-state index contributed by atoms with van der Waals surface area (Å²) in [6, 6.07) is 12.8. The van der Waals surface area contributed by atoms with E-state index in [0.717, 1.165) is 41.6 Å². The third-order valence-corrected chi connectivity index (χ3v) is 7.26. The summed E-state index contributed by atoms with van der Waals surface area (Å²) in [6.45, 7) is 5.54. The number of amides is 1. The molecule has 1 saturated carbocycles. The van der Waals surface area contributed by atoms with Crippen LogP contribution in [-0.2, 0) is 11.2 Å². The summed E-state index contributed by atoms with van der Waals surface area (Å²) in [6.07, 6.45) is 3.68. The van der Waals surface area contributed by atoms with Gasteiger partial charge in [0.25, 0.3) is 5.91 Å². The lowest BCUT2D eigenvalue weighted by atomic mass is 9.96. The number of fused-ring (bicyclic) bond motifs is 1. The molecule has 3 heterocycles. The van der Waals surface area contributed by atoms with Gasteiger partial charge in [0.15, 0.2) is 6.54 Å². The number of hydrogen-bond donors (Lipinski definition) is 2. The number of aryl methyl sites for hydroxylation is 1. The molecule has 3 aromatic rings. The predicted molar refractivity (Wildman–Crippen MR) is 116 cm³/mol. The minimum Gasteiger partial charge on any atom is -0.320 e. The highest BCUT2D eigenvalue weighted by molar-refractivity contribution is 7.10. The van der Waals surface area contributed by atoms with Crippen molar-refractivity contribution in [3.05, 3.63) is 63.6 Å². The first-order chi connectivity index (χ1) is 14.1. The fourth-order valence-electron chi connectivity index (χ4n) is 4.73. The van der Waals surface area contributed by atoms with Crippen molar-refractivity contribution in [1.82, 2.24) is 9.78 Å². The molecule has 0 saturated heterocycles. The monoisotopic (exact) mass is 407 g/mol. The lowest BCUT2D eigenvalue weighted by Gasteiger charge is -2.32. The summed E-state index contributed by atoms with van der Waals surface area (Å²) in [5.74, 6) is 0.832. The first-order valence-corrected chi connectivity index (χ1v) is 11.3. The molecule has 1 unspecified atom stereocenters. The molecular formula is C23H27N4OS+.